The van der Waals surface area contributed by atoms with E-state index in [1.54, 1.807) is 24.3 Å². The topological polar surface area (TPSA) is 84.2 Å². The minimum Gasteiger partial charge on any atom is -0.401 e. The van der Waals surface area contributed by atoms with Crippen LogP contribution in [0.4, 0.5) is 5.69 Å². The highest BCUT2D eigenvalue weighted by atomic mass is 35.5. The molecule has 4 N–H and O–H groups in total. The third kappa shape index (κ3) is 13.9. The van der Waals surface area contributed by atoms with E-state index in [0.717, 1.165) is 50.0 Å². The van der Waals surface area contributed by atoms with E-state index in [0.29, 0.717) is 16.9 Å². The maximum Gasteiger partial charge on any atom is 0.251 e. The van der Waals surface area contributed by atoms with Gasteiger partial charge in [-0.3, -0.25) is 9.59 Å². The lowest BCUT2D eigenvalue weighted by molar-refractivity contribution is -0.120. The molecule has 0 aliphatic rings. The molecule has 0 aliphatic carbocycles. The first-order valence-corrected chi connectivity index (χ1v) is 13.6. The smallest absolute Gasteiger partial charge is 0.251 e. The Morgan fingerprint density at radius 2 is 1.53 bits per heavy atom. The summed E-state index contributed by atoms with van der Waals surface area (Å²) in [6.07, 6.45) is 6.45. The van der Waals surface area contributed by atoms with Gasteiger partial charge in [-0.1, -0.05) is 103 Å². The van der Waals surface area contributed by atoms with E-state index in [4.69, 9.17) is 17.3 Å². The summed E-state index contributed by atoms with van der Waals surface area (Å²) in [5.74, 6) is -0.179. The van der Waals surface area contributed by atoms with Crippen LogP contribution in [0.15, 0.2) is 66.9 Å². The molecular weight excluding hydrogens is 470 g/mol. The monoisotopic (exact) mass is 515 g/mol. The Labute approximate surface area is 223 Å². The Kier molecular flexibility index (Phi) is 18.8. The summed E-state index contributed by atoms with van der Waals surface area (Å²) in [6, 6.07) is 16.2. The summed E-state index contributed by atoms with van der Waals surface area (Å²) >= 11 is 5.54. The van der Waals surface area contributed by atoms with Gasteiger partial charge in [0.05, 0.1) is 6.04 Å². The van der Waals surface area contributed by atoms with Crippen LogP contribution in [0.2, 0.25) is 5.02 Å². The van der Waals surface area contributed by atoms with Crippen molar-refractivity contribution in [3.63, 3.8) is 0 Å². The van der Waals surface area contributed by atoms with E-state index < -0.39 is 0 Å². The largest absolute Gasteiger partial charge is 0.401 e. The second kappa shape index (κ2) is 20.4. The average molecular weight is 516 g/mol. The molecule has 0 spiro atoms. The zero-order chi connectivity index (χ0) is 27.3. The quantitative estimate of drug-likeness (QED) is 0.268. The van der Waals surface area contributed by atoms with Crippen molar-refractivity contribution in [2.45, 2.75) is 85.6 Å². The summed E-state index contributed by atoms with van der Waals surface area (Å²) in [6.45, 7) is 14.0. The molecule has 6 heteroatoms. The molecule has 0 heterocycles. The van der Waals surface area contributed by atoms with Crippen LogP contribution in [-0.2, 0) is 4.79 Å². The lowest BCUT2D eigenvalue weighted by atomic mass is 9.97. The summed E-state index contributed by atoms with van der Waals surface area (Å²) in [5.41, 5.74) is 7.42. The van der Waals surface area contributed by atoms with Gasteiger partial charge in [-0.05, 0) is 49.6 Å². The van der Waals surface area contributed by atoms with Crippen molar-refractivity contribution < 1.29 is 9.59 Å². The highest BCUT2D eigenvalue weighted by Crippen LogP contribution is 2.18. The van der Waals surface area contributed by atoms with Crippen molar-refractivity contribution in [2.24, 2.45) is 11.7 Å². The Balaban J connectivity index is 0.00000114. The summed E-state index contributed by atoms with van der Waals surface area (Å²) in [7, 11) is 0. The number of rotatable bonds is 12. The fourth-order valence-electron chi connectivity index (χ4n) is 3.50. The van der Waals surface area contributed by atoms with Crippen LogP contribution in [0.1, 0.15) is 89.9 Å². The van der Waals surface area contributed by atoms with Gasteiger partial charge in [0.2, 0.25) is 5.91 Å². The van der Waals surface area contributed by atoms with E-state index in [-0.39, 0.29) is 23.8 Å². The fourth-order valence-corrected chi connectivity index (χ4v) is 3.65. The molecule has 1 unspecified atom stereocenters. The third-order valence-electron chi connectivity index (χ3n) is 5.37. The van der Waals surface area contributed by atoms with Gasteiger partial charge in [0.25, 0.3) is 5.91 Å². The molecule has 2 aromatic rings. The van der Waals surface area contributed by atoms with Gasteiger partial charge in [-0.2, -0.15) is 0 Å². The van der Waals surface area contributed by atoms with Gasteiger partial charge in [0, 0.05) is 27.9 Å². The molecule has 0 aliphatic heterocycles. The lowest BCUT2D eigenvalue weighted by Crippen LogP contribution is -2.38. The molecule has 0 fully saturated rings. The summed E-state index contributed by atoms with van der Waals surface area (Å²) in [5, 5.41) is 6.69. The number of nitrogens with two attached hydrogens (primary N) is 1. The van der Waals surface area contributed by atoms with Gasteiger partial charge in [-0.15, -0.1) is 0 Å². The van der Waals surface area contributed by atoms with Crippen molar-refractivity contribution in [3.05, 3.63) is 77.5 Å². The number of halogens is 1. The normalized spacial score (nSPS) is 10.8. The predicted octanol–water partition coefficient (Wildman–Crippen LogP) is 7.97. The number of hydrogen-bond acceptors (Lipinski definition) is 3. The maximum absolute atomic E-state index is 12.6. The first-order valence-electron chi connectivity index (χ1n) is 13.2. The first-order chi connectivity index (χ1) is 17.3. The standard InChI is InChI=1S/C22H35N3O2.C6H5Cl.C2H6/c1-5-8-14-20(16(4)23)25-22(27)18-12-9-13-19(15-18)24-21(26)17(10-6-2)11-7-3;7-6-4-2-1-3-5-6;1-2/h9,12-13,15,17,20H,4-8,10-11,14,23H2,1-3H3,(H,24,26)(H,25,27);1-5H;1-2H3. The molecule has 0 radical (unpaired) electrons. The number of carbonyl (C=O) groups excluding carboxylic acids is 2. The van der Waals surface area contributed by atoms with E-state index in [1.807, 2.05) is 44.2 Å². The van der Waals surface area contributed by atoms with Gasteiger partial charge >= 0.3 is 0 Å². The van der Waals surface area contributed by atoms with Crippen LogP contribution >= 0.6 is 11.6 Å². The molecule has 0 saturated heterocycles. The lowest BCUT2D eigenvalue weighted by Gasteiger charge is -2.19. The molecule has 0 saturated carbocycles. The molecule has 2 rings (SSSR count). The molecule has 2 amide bonds. The molecule has 5 nitrogen and oxygen atoms in total. The highest BCUT2D eigenvalue weighted by Gasteiger charge is 2.18. The molecule has 200 valence electrons. The Hall–Kier alpha value is -2.79. The van der Waals surface area contributed by atoms with E-state index in [9.17, 15) is 9.59 Å². The number of hydrogen-bond donors (Lipinski definition) is 3. The van der Waals surface area contributed by atoms with Crippen molar-refractivity contribution in [2.75, 3.05) is 5.32 Å². The second-order valence-electron chi connectivity index (χ2n) is 8.38. The van der Waals surface area contributed by atoms with Crippen LogP contribution < -0.4 is 16.4 Å². The zero-order valence-electron chi connectivity index (χ0n) is 22.8. The van der Waals surface area contributed by atoms with E-state index in [1.165, 1.54) is 0 Å². The van der Waals surface area contributed by atoms with Crippen molar-refractivity contribution >= 4 is 29.1 Å². The molecule has 2 aromatic carbocycles. The van der Waals surface area contributed by atoms with Crippen molar-refractivity contribution in [1.29, 1.82) is 0 Å². The van der Waals surface area contributed by atoms with Gasteiger partial charge < -0.3 is 16.4 Å². The van der Waals surface area contributed by atoms with Crippen LogP contribution in [-0.4, -0.2) is 17.9 Å². The number of carbonyl (C=O) groups is 2. The number of anilines is 1. The Bertz CT molecular complexity index is 881. The molecule has 0 bridgehead atoms. The Morgan fingerprint density at radius 1 is 0.917 bits per heavy atom. The van der Waals surface area contributed by atoms with Gasteiger partial charge in [0.1, 0.15) is 0 Å². The van der Waals surface area contributed by atoms with Gasteiger partial charge in [0.15, 0.2) is 0 Å². The van der Waals surface area contributed by atoms with Crippen molar-refractivity contribution in [1.82, 2.24) is 5.32 Å². The first kappa shape index (κ1) is 33.2. The van der Waals surface area contributed by atoms with E-state index >= 15 is 0 Å². The predicted molar refractivity (Wildman–Crippen MR) is 155 cm³/mol. The number of unbranched alkanes of at least 4 members (excludes halogenated alkanes) is 1. The van der Waals surface area contributed by atoms with Crippen LogP contribution in [0.25, 0.3) is 0 Å². The Morgan fingerprint density at radius 3 is 2.00 bits per heavy atom. The molecule has 0 aromatic heterocycles. The minimum absolute atomic E-state index is 0.0106. The fraction of sp³-hybridized carbons (Fsp3) is 0.467. The second-order valence-corrected chi connectivity index (χ2v) is 8.82. The average Bonchev–Trinajstić information content (AvgIpc) is 2.88. The highest BCUT2D eigenvalue weighted by molar-refractivity contribution is 6.30. The maximum atomic E-state index is 12.6. The minimum atomic E-state index is -0.241. The van der Waals surface area contributed by atoms with Crippen LogP contribution in [0, 0.1) is 5.92 Å². The van der Waals surface area contributed by atoms with Crippen LogP contribution in [0.5, 0.6) is 0 Å². The number of amides is 2. The molecule has 36 heavy (non-hydrogen) atoms. The molecule has 1 atom stereocenters. The summed E-state index contributed by atoms with van der Waals surface area (Å²) in [4.78, 5) is 25.1. The SMILES string of the molecule is C=C(N)C(CCCC)NC(=O)c1cccc(NC(=O)C(CCC)CCC)c1.CC.Clc1ccccc1. The van der Waals surface area contributed by atoms with Gasteiger partial charge in [-0.25, -0.2) is 0 Å². The summed E-state index contributed by atoms with van der Waals surface area (Å²) < 4.78 is 0. The number of nitrogens with one attached hydrogen (secondary N) is 2. The van der Waals surface area contributed by atoms with Crippen molar-refractivity contribution in [3.8, 4) is 0 Å². The number of benzene rings is 2. The van der Waals surface area contributed by atoms with E-state index in [2.05, 4.69) is 38.0 Å². The molecular formula is C30H46ClN3O2. The third-order valence-corrected chi connectivity index (χ3v) is 5.62. The zero-order valence-corrected chi connectivity index (χ0v) is 23.5. The van der Waals surface area contributed by atoms with Crippen LogP contribution in [0.3, 0.4) is 0 Å².